The number of hydrogen-bond acceptors (Lipinski definition) is 7. The van der Waals surface area contributed by atoms with Crippen LogP contribution in [0.15, 0.2) is 243 Å². The van der Waals surface area contributed by atoms with Gasteiger partial charge in [0.25, 0.3) is 0 Å². The van der Waals surface area contributed by atoms with Crippen molar-refractivity contribution in [2.24, 2.45) is 28.2 Å². The second-order valence-electron chi connectivity index (χ2n) is 28.8. The molecule has 20 aromatic rings. The van der Waals surface area contributed by atoms with E-state index in [-0.39, 0.29) is 0 Å². The van der Waals surface area contributed by atoms with Gasteiger partial charge in [-0.3, -0.25) is 0 Å². The molecule has 11 heterocycles. The lowest BCUT2D eigenvalue weighted by molar-refractivity contribution is -0.659. The van der Waals surface area contributed by atoms with E-state index in [1.54, 1.807) is 69.6 Å². The standard InChI is InChI=1S/C27H26NS.C24H21N2S.C23H19N2S.C22H17N2S/c1-16(2)19-7-8-20-12-23-24-14-25(22-9-6-17(3)10-18(22)4)28(5)15-27(24)29-26(23)13-21(20)11-19;1-14-6-8-18(16(3)9-14)22-12-19-20-11-17-7-5-15(2)10-21(17)25-24(20)27-23(19)13-26(22)4;1-14-8-9-16-11-19-18-12-21(17-7-5-4-6-15(17)2)25(3)13-22(18)26-23(19)24-20(16)10-14;1-14-7-3-5-9-16(14)20-12-17-18-11-15-8-4-6-10-19(15)23-22(18)25-21(17)13-24(20)2/h6-16H,1-5H3;5-13H,1-4H3;4-13H,1-3H3;3-13H,1-2H3/q4*+1/i3D3,16D;1D3;;. The topological polar surface area (TPSA) is 54.2 Å². The Hall–Kier alpha value is -11.1. The first kappa shape index (κ1) is 61.1. The summed E-state index contributed by atoms with van der Waals surface area (Å²) in [5.41, 5.74) is 21.1. The Labute approximate surface area is 649 Å². The minimum absolute atomic E-state index is 0.371. The van der Waals surface area contributed by atoms with Gasteiger partial charge < -0.3 is 0 Å². The monoisotopic (exact) mass is 1470 g/mol. The van der Waals surface area contributed by atoms with E-state index >= 15 is 0 Å². The van der Waals surface area contributed by atoms with Gasteiger partial charge in [0, 0.05) is 120 Å². The molecular weight excluding hydrogens is 1380 g/mol. The first-order valence-electron chi connectivity index (χ1n) is 39.5. The van der Waals surface area contributed by atoms with Crippen LogP contribution in [0.5, 0.6) is 0 Å². The molecule has 0 atom stereocenters. The Balaban J connectivity index is 0.000000110. The molecule has 9 aromatic carbocycles. The molecule has 522 valence electrons. The molecule has 0 aliphatic rings. The summed E-state index contributed by atoms with van der Waals surface area (Å²) in [6.07, 6.45) is 8.77. The lowest BCUT2D eigenvalue weighted by Crippen LogP contribution is -2.30. The van der Waals surface area contributed by atoms with Crippen LogP contribution >= 0.6 is 45.3 Å². The van der Waals surface area contributed by atoms with Gasteiger partial charge in [0.15, 0.2) is 24.8 Å². The van der Waals surface area contributed by atoms with Crippen LogP contribution in [0.25, 0.3) is 170 Å². The first-order valence-corrected chi connectivity index (χ1v) is 39.2. The molecule has 0 unspecified atom stereocenters. The van der Waals surface area contributed by atoms with Crippen LogP contribution in [-0.4, -0.2) is 15.0 Å². The van der Waals surface area contributed by atoms with Gasteiger partial charge in [-0.25, -0.2) is 15.0 Å². The van der Waals surface area contributed by atoms with Crippen LogP contribution < -0.4 is 18.3 Å². The molecule has 0 saturated heterocycles. The highest BCUT2D eigenvalue weighted by molar-refractivity contribution is 7.26. The van der Waals surface area contributed by atoms with Crippen LogP contribution in [0.1, 0.15) is 79.4 Å². The van der Waals surface area contributed by atoms with E-state index < -0.39 is 19.6 Å². The van der Waals surface area contributed by atoms with Crippen molar-refractivity contribution < 1.29 is 27.9 Å². The van der Waals surface area contributed by atoms with Crippen molar-refractivity contribution in [1.29, 1.82) is 0 Å². The molecule has 7 nitrogen and oxygen atoms in total. The van der Waals surface area contributed by atoms with Crippen LogP contribution in [0, 0.1) is 55.2 Å². The molecule has 0 amide bonds. The van der Waals surface area contributed by atoms with E-state index in [1.807, 2.05) is 60.0 Å². The molecule has 0 spiro atoms. The number of fused-ring (bicyclic) bond motifs is 16. The number of thiophene rings is 4. The number of aromatic nitrogens is 7. The summed E-state index contributed by atoms with van der Waals surface area (Å²) in [4.78, 5) is 18.0. The van der Waals surface area contributed by atoms with Gasteiger partial charge in [-0.2, -0.15) is 18.3 Å². The fraction of sp³-hybridized carbons (Fsp3) is 0.156. The highest BCUT2D eigenvalue weighted by Crippen LogP contribution is 2.42. The maximum atomic E-state index is 8.36. The van der Waals surface area contributed by atoms with Crippen LogP contribution in [0.3, 0.4) is 0 Å². The smallest absolute Gasteiger partial charge is 0.213 e. The van der Waals surface area contributed by atoms with Crippen molar-refractivity contribution in [1.82, 2.24) is 15.0 Å². The van der Waals surface area contributed by atoms with Gasteiger partial charge in [-0.1, -0.05) is 146 Å². The molecule has 0 aliphatic carbocycles. The zero-order valence-corrected chi connectivity index (χ0v) is 65.1. The predicted molar refractivity (Wildman–Crippen MR) is 459 cm³/mol. The Bertz CT molecular complexity index is 7350. The molecular formula is C96H83N7S4+4. The van der Waals surface area contributed by atoms with Crippen LogP contribution in [0.2, 0.25) is 0 Å². The maximum Gasteiger partial charge on any atom is 0.213 e. The van der Waals surface area contributed by atoms with E-state index in [0.29, 0.717) is 11.1 Å². The highest BCUT2D eigenvalue weighted by Gasteiger charge is 2.24. The number of hydrogen-bond donors (Lipinski definition) is 0. The number of benzene rings is 9. The number of nitrogens with zero attached hydrogens (tertiary/aromatic N) is 7. The van der Waals surface area contributed by atoms with E-state index in [4.69, 9.17) is 24.5 Å². The maximum absolute atomic E-state index is 8.36. The van der Waals surface area contributed by atoms with E-state index in [9.17, 15) is 0 Å². The van der Waals surface area contributed by atoms with Crippen LogP contribution in [0.4, 0.5) is 0 Å². The third kappa shape index (κ3) is 13.0. The lowest BCUT2D eigenvalue weighted by atomic mass is 9.98. The molecule has 0 aliphatic heterocycles. The molecule has 20 rings (SSSR count). The Morgan fingerprint density at radius 2 is 0.664 bits per heavy atom. The number of rotatable bonds is 5. The van der Waals surface area contributed by atoms with Gasteiger partial charge in [-0.05, 0) is 184 Å². The van der Waals surface area contributed by atoms with Crippen molar-refractivity contribution in [3.63, 3.8) is 0 Å². The quantitative estimate of drug-likeness (QED) is 0.161. The molecule has 0 fully saturated rings. The fourth-order valence-electron chi connectivity index (χ4n) is 15.1. The molecule has 11 aromatic heterocycles. The molecule has 0 saturated carbocycles. The van der Waals surface area contributed by atoms with Crippen molar-refractivity contribution in [2.45, 2.75) is 75.0 Å². The second kappa shape index (κ2) is 27.7. The summed E-state index contributed by atoms with van der Waals surface area (Å²) in [6.45, 7) is 12.1. The number of pyridine rings is 7. The molecule has 0 N–H and O–H groups in total. The molecule has 0 radical (unpaired) electrons. The van der Waals surface area contributed by atoms with Gasteiger partial charge >= 0.3 is 0 Å². The summed E-state index contributed by atoms with van der Waals surface area (Å²) in [5.74, 6) is -0.626. The van der Waals surface area contributed by atoms with Gasteiger partial charge in [0.2, 0.25) is 22.8 Å². The minimum atomic E-state index is -2.10. The summed E-state index contributed by atoms with van der Waals surface area (Å²) in [5, 5.41) is 15.7. The molecule has 107 heavy (non-hydrogen) atoms. The lowest BCUT2D eigenvalue weighted by Gasteiger charge is -2.07. The molecule has 0 bridgehead atoms. The largest absolute Gasteiger partial charge is 0.237 e. The normalized spacial score (nSPS) is 13.0. The average Bonchev–Trinajstić information content (AvgIpc) is 1.60. The second-order valence-corrected chi connectivity index (χ2v) is 33.0. The van der Waals surface area contributed by atoms with Crippen molar-refractivity contribution in [3.05, 3.63) is 293 Å². The van der Waals surface area contributed by atoms with Crippen LogP contribution in [-0.2, 0) is 28.2 Å². The summed E-state index contributed by atoms with van der Waals surface area (Å²) in [7, 11) is 8.31. The van der Waals surface area contributed by atoms with Gasteiger partial charge in [-0.15, -0.1) is 45.3 Å². The first-order chi connectivity index (χ1) is 54.4. The van der Waals surface area contributed by atoms with E-state index in [0.717, 1.165) is 86.4 Å². The third-order valence-electron chi connectivity index (χ3n) is 20.9. The number of para-hydroxylation sites is 1. The third-order valence-corrected chi connectivity index (χ3v) is 25.1. The predicted octanol–water partition coefficient (Wildman–Crippen LogP) is 24.6. The Kier molecular flexibility index (Phi) is 15.8. The summed E-state index contributed by atoms with van der Waals surface area (Å²) < 4.78 is 69.3. The van der Waals surface area contributed by atoms with E-state index in [1.165, 1.54) is 122 Å². The Morgan fingerprint density at radius 1 is 0.299 bits per heavy atom. The Morgan fingerprint density at radius 3 is 1.10 bits per heavy atom. The number of aryl methyl sites for hydroxylation is 12. The average molecular weight is 1470 g/mol. The van der Waals surface area contributed by atoms with Gasteiger partial charge in [0.05, 0.1) is 21.3 Å². The van der Waals surface area contributed by atoms with Gasteiger partial charge in [0.1, 0.15) is 56.8 Å². The van der Waals surface area contributed by atoms with Crippen molar-refractivity contribution in [2.75, 3.05) is 0 Å². The highest BCUT2D eigenvalue weighted by atomic mass is 32.1. The summed E-state index contributed by atoms with van der Waals surface area (Å²) in [6, 6.07) is 75.8. The fourth-order valence-corrected chi connectivity index (χ4v) is 19.7. The SMILES string of the molecule is Cc1ccc2cc3c(nc2c1)sc1c[n+](C)c(-c2ccccc2C)cc13.Cc1ccccc1-c1cc2c(c[n+]1C)sc1nc3ccccc3cc12.[2H]C([2H])([2H])c1ccc(-c2cc3c(c[n+]2C)sc2cc4cc(C([2H])(C)C)ccc4cc23)c(C)c1.[2H]C([2H])([2H])c1ccc(-c2cc3c(c[n+]2C)sc2nc4cc(C)ccc4cc23)c(C)c1. The minimum Gasteiger partial charge on any atom is -0.237 e. The zero-order chi connectivity index (χ0) is 79.7. The molecule has 11 heteroatoms. The van der Waals surface area contributed by atoms with Crippen molar-refractivity contribution >= 4 is 170 Å². The zero-order valence-electron chi connectivity index (χ0n) is 68.9. The van der Waals surface area contributed by atoms with E-state index in [2.05, 4.69) is 261 Å². The van der Waals surface area contributed by atoms with Crippen molar-refractivity contribution in [3.8, 4) is 45.0 Å². The summed E-state index contributed by atoms with van der Waals surface area (Å²) >= 11 is 7.02.